The minimum atomic E-state index is -0.730. The molecule has 3 nitrogen and oxygen atoms in total. The molecule has 1 aromatic carbocycles. The van der Waals surface area contributed by atoms with E-state index in [1.165, 1.54) is 0 Å². The smallest absolute Gasteiger partial charge is 0.303 e. The van der Waals surface area contributed by atoms with Gasteiger partial charge in [0.15, 0.2) is 0 Å². The third-order valence-electron chi connectivity index (χ3n) is 2.27. The third-order valence-corrected chi connectivity index (χ3v) is 2.73. The second kappa shape index (κ2) is 6.53. The first-order chi connectivity index (χ1) is 7.61. The lowest BCUT2D eigenvalue weighted by Crippen LogP contribution is -1.95. The summed E-state index contributed by atoms with van der Waals surface area (Å²) < 4.78 is 6.14. The quantitative estimate of drug-likeness (QED) is 0.817. The van der Waals surface area contributed by atoms with Crippen molar-refractivity contribution in [3.63, 3.8) is 0 Å². The third kappa shape index (κ3) is 4.66. The number of hydrogen-bond acceptors (Lipinski definition) is 2. The lowest BCUT2D eigenvalue weighted by Gasteiger charge is -2.05. The van der Waals surface area contributed by atoms with E-state index in [1.807, 2.05) is 18.2 Å². The Bertz CT molecular complexity index is 363. The van der Waals surface area contributed by atoms with Crippen LogP contribution in [0.4, 0.5) is 0 Å². The fourth-order valence-corrected chi connectivity index (χ4v) is 2.01. The maximum Gasteiger partial charge on any atom is 0.303 e. The van der Waals surface area contributed by atoms with Crippen molar-refractivity contribution in [3.05, 3.63) is 28.2 Å². The molecule has 1 N–H and O–H groups in total. The van der Waals surface area contributed by atoms with E-state index in [4.69, 9.17) is 9.84 Å². The molecular weight excluding hydrogens is 272 g/mol. The zero-order valence-electron chi connectivity index (χ0n) is 9.20. The summed E-state index contributed by atoms with van der Waals surface area (Å²) in [4.78, 5) is 10.3. The van der Waals surface area contributed by atoms with Gasteiger partial charge in [0.1, 0.15) is 5.75 Å². The highest BCUT2D eigenvalue weighted by molar-refractivity contribution is 9.10. The number of unbranched alkanes of at least 4 members (excludes halogenated alkanes) is 1. The van der Waals surface area contributed by atoms with Crippen molar-refractivity contribution >= 4 is 21.9 Å². The number of benzene rings is 1. The molecule has 4 heteroatoms. The molecule has 16 heavy (non-hydrogen) atoms. The first-order valence-corrected chi connectivity index (χ1v) is 5.96. The maximum atomic E-state index is 10.3. The van der Waals surface area contributed by atoms with E-state index in [0.29, 0.717) is 6.42 Å². The van der Waals surface area contributed by atoms with E-state index in [9.17, 15) is 4.79 Å². The summed E-state index contributed by atoms with van der Waals surface area (Å²) in [6.45, 7) is 0. The van der Waals surface area contributed by atoms with Crippen molar-refractivity contribution in [2.24, 2.45) is 0 Å². The van der Waals surface area contributed by atoms with Gasteiger partial charge in [0, 0.05) is 10.9 Å². The van der Waals surface area contributed by atoms with Crippen LogP contribution in [0.2, 0.25) is 0 Å². The van der Waals surface area contributed by atoms with Crippen molar-refractivity contribution in [1.82, 2.24) is 0 Å². The molecule has 0 aliphatic rings. The number of carboxylic acids is 1. The number of rotatable bonds is 6. The molecule has 0 fully saturated rings. The summed E-state index contributed by atoms with van der Waals surface area (Å²) in [6.07, 6.45) is 2.71. The predicted octanol–water partition coefficient (Wildman–Crippen LogP) is 3.26. The van der Waals surface area contributed by atoms with E-state index in [0.717, 1.165) is 28.6 Å². The van der Waals surface area contributed by atoms with Crippen LogP contribution in [-0.4, -0.2) is 18.2 Å². The molecule has 0 aliphatic carbocycles. The molecule has 0 unspecified atom stereocenters. The molecule has 0 radical (unpaired) electrons. The number of methoxy groups -OCH3 is 1. The van der Waals surface area contributed by atoms with Crippen LogP contribution in [0.3, 0.4) is 0 Å². The second-order valence-electron chi connectivity index (χ2n) is 3.60. The summed E-state index contributed by atoms with van der Waals surface area (Å²) in [5.41, 5.74) is 1.16. The predicted molar refractivity (Wildman–Crippen MR) is 65.9 cm³/mol. The van der Waals surface area contributed by atoms with Gasteiger partial charge in [-0.3, -0.25) is 4.79 Å². The van der Waals surface area contributed by atoms with Gasteiger partial charge in [-0.25, -0.2) is 0 Å². The van der Waals surface area contributed by atoms with E-state index in [1.54, 1.807) is 7.11 Å². The van der Waals surface area contributed by atoms with Crippen LogP contribution in [0, 0.1) is 0 Å². The van der Waals surface area contributed by atoms with Crippen LogP contribution < -0.4 is 4.74 Å². The highest BCUT2D eigenvalue weighted by Gasteiger charge is 2.01. The fourth-order valence-electron chi connectivity index (χ4n) is 1.49. The van der Waals surface area contributed by atoms with Gasteiger partial charge in [0.2, 0.25) is 0 Å². The standard InChI is InChI=1S/C12H15BrO3/c1-16-11-7-9(6-10(13)8-11)4-2-3-5-12(14)15/h6-8H,2-5H2,1H3,(H,14,15). The Balaban J connectivity index is 2.47. The minimum absolute atomic E-state index is 0.241. The van der Waals surface area contributed by atoms with Crippen molar-refractivity contribution in [3.8, 4) is 5.75 Å². The average molecular weight is 287 g/mol. The average Bonchev–Trinajstić information content (AvgIpc) is 2.23. The Hall–Kier alpha value is -1.03. The number of ether oxygens (including phenoxy) is 1. The van der Waals surface area contributed by atoms with E-state index in [-0.39, 0.29) is 6.42 Å². The Morgan fingerprint density at radius 3 is 2.75 bits per heavy atom. The number of aliphatic carboxylic acids is 1. The molecular formula is C12H15BrO3. The molecule has 0 heterocycles. The first-order valence-electron chi connectivity index (χ1n) is 5.17. The minimum Gasteiger partial charge on any atom is -0.497 e. The Morgan fingerprint density at radius 1 is 1.38 bits per heavy atom. The molecule has 0 atom stereocenters. The van der Waals surface area contributed by atoms with Gasteiger partial charge in [0.05, 0.1) is 7.11 Å². The molecule has 0 saturated heterocycles. The molecule has 1 rings (SSSR count). The summed E-state index contributed by atoms with van der Waals surface area (Å²) >= 11 is 3.41. The lowest BCUT2D eigenvalue weighted by molar-refractivity contribution is -0.137. The SMILES string of the molecule is COc1cc(Br)cc(CCCCC(=O)O)c1. The summed E-state index contributed by atoms with van der Waals surface area (Å²) in [5, 5.41) is 8.51. The van der Waals surface area contributed by atoms with Gasteiger partial charge in [-0.2, -0.15) is 0 Å². The second-order valence-corrected chi connectivity index (χ2v) is 4.52. The van der Waals surface area contributed by atoms with Gasteiger partial charge in [-0.1, -0.05) is 15.9 Å². The molecule has 0 aliphatic heterocycles. The number of hydrogen-bond donors (Lipinski definition) is 1. The molecule has 0 amide bonds. The molecule has 88 valence electrons. The van der Waals surface area contributed by atoms with Crippen LogP contribution in [-0.2, 0) is 11.2 Å². The maximum absolute atomic E-state index is 10.3. The zero-order valence-corrected chi connectivity index (χ0v) is 10.8. The van der Waals surface area contributed by atoms with Gasteiger partial charge < -0.3 is 9.84 Å². The number of carbonyl (C=O) groups is 1. The van der Waals surface area contributed by atoms with Gasteiger partial charge in [-0.15, -0.1) is 0 Å². The molecule has 0 saturated carbocycles. The first kappa shape index (κ1) is 13.0. The van der Waals surface area contributed by atoms with E-state index in [2.05, 4.69) is 15.9 Å². The van der Waals surface area contributed by atoms with Gasteiger partial charge >= 0.3 is 5.97 Å². The van der Waals surface area contributed by atoms with Crippen LogP contribution in [0.5, 0.6) is 5.75 Å². The molecule has 0 spiro atoms. The van der Waals surface area contributed by atoms with Crippen molar-refractivity contribution in [2.45, 2.75) is 25.7 Å². The Morgan fingerprint density at radius 2 is 2.12 bits per heavy atom. The van der Waals surface area contributed by atoms with Crippen molar-refractivity contribution in [2.75, 3.05) is 7.11 Å². The topological polar surface area (TPSA) is 46.5 Å². The van der Waals surface area contributed by atoms with Gasteiger partial charge in [-0.05, 0) is 43.0 Å². The van der Waals surface area contributed by atoms with E-state index < -0.39 is 5.97 Å². The monoisotopic (exact) mass is 286 g/mol. The van der Waals surface area contributed by atoms with Crippen LogP contribution >= 0.6 is 15.9 Å². The van der Waals surface area contributed by atoms with E-state index >= 15 is 0 Å². The number of carboxylic acid groups (broad SMARTS) is 1. The highest BCUT2D eigenvalue weighted by Crippen LogP contribution is 2.22. The lowest BCUT2D eigenvalue weighted by atomic mass is 10.1. The molecule has 1 aromatic rings. The zero-order chi connectivity index (χ0) is 12.0. The largest absolute Gasteiger partial charge is 0.497 e. The fraction of sp³-hybridized carbons (Fsp3) is 0.417. The van der Waals surface area contributed by atoms with Crippen molar-refractivity contribution < 1.29 is 14.6 Å². The number of aryl methyl sites for hydroxylation is 1. The summed E-state index contributed by atoms with van der Waals surface area (Å²) in [6, 6.07) is 5.91. The molecule has 0 aromatic heterocycles. The normalized spacial score (nSPS) is 10.1. The van der Waals surface area contributed by atoms with Crippen LogP contribution in [0.15, 0.2) is 22.7 Å². The Labute approximate surface area is 104 Å². The van der Waals surface area contributed by atoms with Crippen LogP contribution in [0.25, 0.3) is 0 Å². The summed E-state index contributed by atoms with van der Waals surface area (Å²) in [5.74, 6) is 0.0921. The Kier molecular flexibility index (Phi) is 5.32. The highest BCUT2D eigenvalue weighted by atomic mass is 79.9. The number of halogens is 1. The van der Waals surface area contributed by atoms with Crippen LogP contribution in [0.1, 0.15) is 24.8 Å². The van der Waals surface area contributed by atoms with Crippen molar-refractivity contribution in [1.29, 1.82) is 0 Å². The molecule has 0 bridgehead atoms. The van der Waals surface area contributed by atoms with Gasteiger partial charge in [0.25, 0.3) is 0 Å². The summed E-state index contributed by atoms with van der Waals surface area (Å²) in [7, 11) is 1.63.